The SMILES string of the molecule is COc1ccc([C@H]2CC(=O)N(c3cccc(C(F)(F)F)c3)C3=C2C(=O)OC3)c(OC)c1OC. The van der Waals surface area contributed by atoms with Crippen molar-refractivity contribution in [3.05, 3.63) is 58.8 Å². The van der Waals surface area contributed by atoms with Crippen LogP contribution >= 0.6 is 0 Å². The predicted octanol–water partition coefficient (Wildman–Crippen LogP) is 4.06. The molecular weight excluding hydrogens is 443 g/mol. The molecule has 1 amide bonds. The summed E-state index contributed by atoms with van der Waals surface area (Å²) in [4.78, 5) is 27.0. The molecule has 4 rings (SSSR count). The van der Waals surface area contributed by atoms with Gasteiger partial charge in [0.05, 0.1) is 38.2 Å². The molecule has 10 heteroatoms. The molecule has 0 N–H and O–H groups in total. The first-order valence-corrected chi connectivity index (χ1v) is 9.90. The van der Waals surface area contributed by atoms with Gasteiger partial charge in [0.15, 0.2) is 11.5 Å². The van der Waals surface area contributed by atoms with E-state index >= 15 is 0 Å². The summed E-state index contributed by atoms with van der Waals surface area (Å²) in [6, 6.07) is 7.68. The molecule has 2 heterocycles. The van der Waals surface area contributed by atoms with Gasteiger partial charge in [-0.1, -0.05) is 12.1 Å². The van der Waals surface area contributed by atoms with E-state index in [1.165, 1.54) is 33.5 Å². The second-order valence-corrected chi connectivity index (χ2v) is 7.39. The van der Waals surface area contributed by atoms with Gasteiger partial charge in [0.25, 0.3) is 0 Å². The van der Waals surface area contributed by atoms with E-state index in [0.29, 0.717) is 17.1 Å². The average molecular weight is 463 g/mol. The number of carbonyl (C=O) groups is 2. The Kier molecular flexibility index (Phi) is 5.69. The van der Waals surface area contributed by atoms with Crippen LogP contribution in [0.2, 0.25) is 0 Å². The van der Waals surface area contributed by atoms with Crippen molar-refractivity contribution >= 4 is 17.6 Å². The number of anilines is 1. The van der Waals surface area contributed by atoms with Crippen LogP contribution in [0.1, 0.15) is 23.5 Å². The molecule has 7 nitrogen and oxygen atoms in total. The van der Waals surface area contributed by atoms with Crippen LogP contribution in [-0.2, 0) is 20.5 Å². The lowest BCUT2D eigenvalue weighted by molar-refractivity contribution is -0.138. The fourth-order valence-electron chi connectivity index (χ4n) is 4.24. The number of cyclic esters (lactones) is 1. The molecule has 2 aliphatic heterocycles. The molecule has 0 radical (unpaired) electrons. The van der Waals surface area contributed by atoms with Crippen LogP contribution in [0.25, 0.3) is 0 Å². The van der Waals surface area contributed by atoms with Gasteiger partial charge < -0.3 is 18.9 Å². The molecule has 0 saturated carbocycles. The van der Waals surface area contributed by atoms with E-state index in [2.05, 4.69) is 0 Å². The Morgan fingerprint density at radius 2 is 1.73 bits per heavy atom. The molecule has 0 fully saturated rings. The molecule has 0 bridgehead atoms. The Bertz CT molecular complexity index is 1160. The first-order chi connectivity index (χ1) is 15.7. The van der Waals surface area contributed by atoms with E-state index in [0.717, 1.165) is 17.0 Å². The van der Waals surface area contributed by atoms with Crippen LogP contribution in [0.3, 0.4) is 0 Å². The van der Waals surface area contributed by atoms with Crippen LogP contribution in [0.4, 0.5) is 18.9 Å². The van der Waals surface area contributed by atoms with Crippen LogP contribution < -0.4 is 19.1 Å². The molecule has 0 unspecified atom stereocenters. The number of esters is 1. The number of halogens is 3. The topological polar surface area (TPSA) is 74.3 Å². The third-order valence-electron chi connectivity index (χ3n) is 5.66. The Morgan fingerprint density at radius 3 is 2.36 bits per heavy atom. The summed E-state index contributed by atoms with van der Waals surface area (Å²) in [5.74, 6) is -0.884. The molecule has 0 spiro atoms. The monoisotopic (exact) mass is 463 g/mol. The number of nitrogens with zero attached hydrogens (tertiary/aromatic N) is 1. The van der Waals surface area contributed by atoms with E-state index in [1.54, 1.807) is 12.1 Å². The lowest BCUT2D eigenvalue weighted by atomic mass is 9.83. The molecule has 2 aromatic rings. The maximum Gasteiger partial charge on any atom is 0.416 e. The number of carbonyl (C=O) groups excluding carboxylic acids is 2. The van der Waals surface area contributed by atoms with E-state index < -0.39 is 29.5 Å². The van der Waals surface area contributed by atoms with E-state index in [1.807, 2.05) is 0 Å². The van der Waals surface area contributed by atoms with Crippen molar-refractivity contribution in [1.29, 1.82) is 0 Å². The highest BCUT2D eigenvalue weighted by Gasteiger charge is 2.44. The number of benzene rings is 2. The second-order valence-electron chi connectivity index (χ2n) is 7.39. The van der Waals surface area contributed by atoms with Gasteiger partial charge in [0, 0.05) is 23.6 Å². The summed E-state index contributed by atoms with van der Waals surface area (Å²) in [7, 11) is 4.31. The smallest absolute Gasteiger partial charge is 0.416 e. The summed E-state index contributed by atoms with van der Waals surface area (Å²) < 4.78 is 61.1. The largest absolute Gasteiger partial charge is 0.493 e. The van der Waals surface area contributed by atoms with Gasteiger partial charge in [-0.05, 0) is 24.3 Å². The summed E-state index contributed by atoms with van der Waals surface area (Å²) >= 11 is 0. The zero-order valence-electron chi connectivity index (χ0n) is 18.0. The van der Waals surface area contributed by atoms with Crippen molar-refractivity contribution in [3.63, 3.8) is 0 Å². The zero-order chi connectivity index (χ0) is 23.9. The molecule has 1 atom stereocenters. The van der Waals surface area contributed by atoms with Crippen LogP contribution in [-0.4, -0.2) is 39.8 Å². The molecule has 2 aliphatic rings. The quantitative estimate of drug-likeness (QED) is 0.623. The molecular formula is C23H20F3NO6. The van der Waals surface area contributed by atoms with Crippen LogP contribution in [0, 0.1) is 0 Å². The third kappa shape index (κ3) is 3.75. The van der Waals surface area contributed by atoms with E-state index in [-0.39, 0.29) is 35.7 Å². The Labute approximate surface area is 187 Å². The molecule has 0 saturated heterocycles. The Balaban J connectivity index is 1.86. The lowest BCUT2D eigenvalue weighted by Crippen LogP contribution is -2.37. The Hall–Kier alpha value is -3.69. The first-order valence-electron chi connectivity index (χ1n) is 9.90. The Morgan fingerprint density at radius 1 is 1.00 bits per heavy atom. The number of methoxy groups -OCH3 is 3. The number of amides is 1. The first kappa shape index (κ1) is 22.5. The van der Waals surface area contributed by atoms with Crippen molar-refractivity contribution in [2.45, 2.75) is 18.5 Å². The zero-order valence-corrected chi connectivity index (χ0v) is 18.0. The van der Waals surface area contributed by atoms with Gasteiger partial charge in [0.1, 0.15) is 6.61 Å². The van der Waals surface area contributed by atoms with Crippen molar-refractivity contribution in [2.75, 3.05) is 32.8 Å². The second kappa shape index (κ2) is 8.34. The van der Waals surface area contributed by atoms with Gasteiger partial charge in [-0.25, -0.2) is 4.79 Å². The molecule has 33 heavy (non-hydrogen) atoms. The highest BCUT2D eigenvalue weighted by atomic mass is 19.4. The molecule has 0 aliphatic carbocycles. The summed E-state index contributed by atoms with van der Waals surface area (Å²) in [5, 5.41) is 0. The minimum atomic E-state index is -4.58. The maximum absolute atomic E-state index is 13.2. The van der Waals surface area contributed by atoms with E-state index in [9.17, 15) is 22.8 Å². The van der Waals surface area contributed by atoms with E-state index in [4.69, 9.17) is 18.9 Å². The van der Waals surface area contributed by atoms with Crippen molar-refractivity contribution in [3.8, 4) is 17.2 Å². The van der Waals surface area contributed by atoms with Crippen molar-refractivity contribution in [1.82, 2.24) is 0 Å². The fourth-order valence-corrected chi connectivity index (χ4v) is 4.24. The standard InChI is InChI=1S/C23H20F3NO6/c1-30-17-8-7-14(20(31-2)21(17)32-3)15-10-18(28)27(16-11-33-22(29)19(15)16)13-6-4-5-12(9-13)23(24,25)26/h4-9,15H,10-11H2,1-3H3/t15-/m1/s1. The van der Waals surface area contributed by atoms with Gasteiger partial charge >= 0.3 is 12.1 Å². The van der Waals surface area contributed by atoms with Crippen molar-refractivity contribution < 1.29 is 41.7 Å². The highest BCUT2D eigenvalue weighted by molar-refractivity contribution is 6.06. The molecule has 2 aromatic carbocycles. The van der Waals surface area contributed by atoms with Gasteiger partial charge in [-0.15, -0.1) is 0 Å². The van der Waals surface area contributed by atoms with Crippen molar-refractivity contribution in [2.24, 2.45) is 0 Å². The number of ether oxygens (including phenoxy) is 4. The minimum Gasteiger partial charge on any atom is -0.493 e. The van der Waals surface area contributed by atoms with Crippen LogP contribution in [0.5, 0.6) is 17.2 Å². The third-order valence-corrected chi connectivity index (χ3v) is 5.66. The summed E-state index contributed by atoms with van der Waals surface area (Å²) in [5.41, 5.74) is 0.00992. The normalized spacial score (nSPS) is 18.2. The van der Waals surface area contributed by atoms with Gasteiger partial charge in [-0.3, -0.25) is 9.69 Å². The fraction of sp³-hybridized carbons (Fsp3) is 0.304. The summed E-state index contributed by atoms with van der Waals surface area (Å²) in [6.07, 6.45) is -4.76. The van der Waals surface area contributed by atoms with Gasteiger partial charge in [-0.2, -0.15) is 13.2 Å². The molecule has 174 valence electrons. The summed E-state index contributed by atoms with van der Waals surface area (Å²) in [6.45, 7) is -0.234. The number of hydrogen-bond donors (Lipinski definition) is 0. The lowest BCUT2D eigenvalue weighted by Gasteiger charge is -2.32. The van der Waals surface area contributed by atoms with Gasteiger partial charge in [0.2, 0.25) is 11.7 Å². The molecule has 0 aromatic heterocycles. The average Bonchev–Trinajstić information content (AvgIpc) is 3.18. The number of rotatable bonds is 5. The predicted molar refractivity (Wildman–Crippen MR) is 110 cm³/mol. The highest BCUT2D eigenvalue weighted by Crippen LogP contribution is 2.49. The minimum absolute atomic E-state index is 0.0124. The van der Waals surface area contributed by atoms with Crippen LogP contribution in [0.15, 0.2) is 47.7 Å². The maximum atomic E-state index is 13.2. The number of hydrogen-bond acceptors (Lipinski definition) is 6. The number of alkyl halides is 3.